The first-order valence-corrected chi connectivity index (χ1v) is 11.4. The Morgan fingerprint density at radius 2 is 1.90 bits per heavy atom. The molecule has 2 heterocycles. The second kappa shape index (κ2) is 9.47. The normalized spacial score (nSPS) is 15.5. The average molecular weight is 438 g/mol. The number of aryl methyl sites for hydroxylation is 1. The fourth-order valence-corrected chi connectivity index (χ4v) is 5.00. The number of nitrogens with zero attached hydrogens (tertiary/aromatic N) is 3. The van der Waals surface area contributed by atoms with Gasteiger partial charge in [-0.3, -0.25) is 4.79 Å². The van der Waals surface area contributed by atoms with E-state index < -0.39 is 0 Å². The van der Waals surface area contributed by atoms with Crippen molar-refractivity contribution < 1.29 is 14.3 Å². The van der Waals surface area contributed by atoms with Crippen LogP contribution < -0.4 is 9.47 Å². The molecule has 0 saturated heterocycles. The molecule has 162 valence electrons. The van der Waals surface area contributed by atoms with Crippen molar-refractivity contribution in [2.75, 3.05) is 26.5 Å². The zero-order valence-corrected chi connectivity index (χ0v) is 18.9. The molecule has 1 amide bonds. The van der Waals surface area contributed by atoms with Crippen molar-refractivity contribution in [1.29, 1.82) is 0 Å². The van der Waals surface area contributed by atoms with Crippen LogP contribution >= 0.6 is 11.8 Å². The van der Waals surface area contributed by atoms with E-state index in [-0.39, 0.29) is 11.9 Å². The van der Waals surface area contributed by atoms with Gasteiger partial charge in [0.05, 0.1) is 26.0 Å². The molecule has 0 aliphatic carbocycles. The van der Waals surface area contributed by atoms with E-state index in [0.29, 0.717) is 18.0 Å². The minimum atomic E-state index is -0.163. The average Bonchev–Trinajstić information content (AvgIpc) is 3.29. The summed E-state index contributed by atoms with van der Waals surface area (Å²) >= 11 is 1.49. The number of carbonyl (C=O) groups excluding carboxylic acids is 1. The Bertz CT molecular complexity index is 1050. The van der Waals surface area contributed by atoms with Crippen LogP contribution in [-0.4, -0.2) is 46.9 Å². The van der Waals surface area contributed by atoms with Crippen molar-refractivity contribution in [2.45, 2.75) is 31.1 Å². The summed E-state index contributed by atoms with van der Waals surface area (Å²) in [6, 6.07) is 14.1. The van der Waals surface area contributed by atoms with Gasteiger partial charge < -0.3 is 18.9 Å². The van der Waals surface area contributed by atoms with Gasteiger partial charge in [-0.15, -0.1) is 0 Å². The van der Waals surface area contributed by atoms with Crippen molar-refractivity contribution in [1.82, 2.24) is 14.5 Å². The molecule has 0 radical (unpaired) electrons. The van der Waals surface area contributed by atoms with Crippen LogP contribution in [0.4, 0.5) is 0 Å². The van der Waals surface area contributed by atoms with Gasteiger partial charge in [0.15, 0.2) is 16.7 Å². The third kappa shape index (κ3) is 4.28. The molecule has 2 aromatic carbocycles. The van der Waals surface area contributed by atoms with E-state index in [0.717, 1.165) is 35.0 Å². The van der Waals surface area contributed by atoms with Crippen molar-refractivity contribution in [3.8, 4) is 11.5 Å². The minimum Gasteiger partial charge on any atom is -0.493 e. The van der Waals surface area contributed by atoms with Gasteiger partial charge in [0, 0.05) is 25.5 Å². The van der Waals surface area contributed by atoms with Crippen LogP contribution in [0.15, 0.2) is 60.0 Å². The fraction of sp³-hybridized carbons (Fsp3) is 0.333. The number of aromatic nitrogens is 2. The van der Waals surface area contributed by atoms with Crippen molar-refractivity contribution in [3.05, 3.63) is 71.5 Å². The van der Waals surface area contributed by atoms with Crippen LogP contribution in [-0.2, 0) is 17.8 Å². The zero-order valence-electron chi connectivity index (χ0n) is 18.1. The molecule has 0 N–H and O–H groups in total. The molecule has 1 aliphatic heterocycles. The molecule has 4 rings (SSSR count). The second-order valence-corrected chi connectivity index (χ2v) is 8.28. The Balaban J connectivity index is 1.67. The highest BCUT2D eigenvalue weighted by Gasteiger charge is 2.33. The highest BCUT2D eigenvalue weighted by molar-refractivity contribution is 7.99. The number of hydrogen-bond donors (Lipinski definition) is 0. The van der Waals surface area contributed by atoms with Crippen molar-refractivity contribution >= 4 is 17.7 Å². The van der Waals surface area contributed by atoms with Gasteiger partial charge in [0.2, 0.25) is 5.91 Å². The maximum atomic E-state index is 13.4. The molecule has 3 aromatic rings. The topological polar surface area (TPSA) is 56.6 Å². The lowest BCUT2D eigenvalue weighted by molar-refractivity contribution is -0.130. The number of rotatable bonds is 7. The molecule has 1 atom stereocenters. The minimum absolute atomic E-state index is 0.102. The number of hydrogen-bond acceptors (Lipinski definition) is 5. The molecule has 1 aromatic heterocycles. The molecule has 1 aliphatic rings. The van der Waals surface area contributed by atoms with E-state index in [2.05, 4.69) is 28.6 Å². The van der Waals surface area contributed by atoms with Gasteiger partial charge in [0.1, 0.15) is 0 Å². The van der Waals surface area contributed by atoms with Crippen molar-refractivity contribution in [3.63, 3.8) is 0 Å². The first-order valence-electron chi connectivity index (χ1n) is 10.4. The molecule has 7 heteroatoms. The zero-order chi connectivity index (χ0) is 21.8. The maximum Gasteiger partial charge on any atom is 0.233 e. The third-order valence-corrected chi connectivity index (χ3v) is 6.64. The summed E-state index contributed by atoms with van der Waals surface area (Å²) in [5.41, 5.74) is 3.36. The smallest absolute Gasteiger partial charge is 0.233 e. The first kappa shape index (κ1) is 21.3. The summed E-state index contributed by atoms with van der Waals surface area (Å²) < 4.78 is 13.1. The summed E-state index contributed by atoms with van der Waals surface area (Å²) in [5, 5.41) is 0.871. The Hall–Kier alpha value is -2.93. The van der Waals surface area contributed by atoms with Crippen molar-refractivity contribution in [2.24, 2.45) is 0 Å². The summed E-state index contributed by atoms with van der Waals surface area (Å²) in [6.45, 7) is 3.56. The number of carbonyl (C=O) groups is 1. The number of benzene rings is 2. The fourth-order valence-electron chi connectivity index (χ4n) is 4.09. The number of methoxy groups -OCH3 is 2. The number of amides is 1. The van der Waals surface area contributed by atoms with Gasteiger partial charge in [-0.2, -0.15) is 0 Å². The monoisotopic (exact) mass is 437 g/mol. The van der Waals surface area contributed by atoms with E-state index in [4.69, 9.17) is 9.47 Å². The van der Waals surface area contributed by atoms with E-state index in [1.807, 2.05) is 41.4 Å². The Kier molecular flexibility index (Phi) is 6.51. The van der Waals surface area contributed by atoms with Gasteiger partial charge in [0.25, 0.3) is 0 Å². The Morgan fingerprint density at radius 1 is 1.16 bits per heavy atom. The van der Waals surface area contributed by atoms with Crippen LogP contribution in [0, 0.1) is 0 Å². The predicted molar refractivity (Wildman–Crippen MR) is 122 cm³/mol. The predicted octanol–water partition coefficient (Wildman–Crippen LogP) is 4.19. The lowest BCUT2D eigenvalue weighted by Gasteiger charge is -2.38. The van der Waals surface area contributed by atoms with E-state index >= 15 is 0 Å². The number of ether oxygens (including phenoxy) is 2. The molecule has 0 saturated carbocycles. The molecule has 0 spiro atoms. The van der Waals surface area contributed by atoms with Crippen LogP contribution in [0.25, 0.3) is 0 Å². The standard InChI is InChI=1S/C24H27N3O3S/c1-4-26-13-11-25-24(26)31-16-22(28)27-12-10-18-14-20(29-2)21(30-3)15-19(18)23(27)17-8-6-5-7-9-17/h5-9,11,13-15,23H,4,10,12,16H2,1-3H3. The van der Waals surface area contributed by atoms with Gasteiger partial charge >= 0.3 is 0 Å². The number of fused-ring (bicyclic) bond motifs is 1. The second-order valence-electron chi connectivity index (χ2n) is 7.34. The summed E-state index contributed by atoms with van der Waals surface area (Å²) in [6.07, 6.45) is 4.50. The summed E-state index contributed by atoms with van der Waals surface area (Å²) in [4.78, 5) is 19.7. The number of imidazole rings is 1. The highest BCUT2D eigenvalue weighted by Crippen LogP contribution is 2.41. The number of thioether (sulfide) groups is 1. The highest BCUT2D eigenvalue weighted by atomic mass is 32.2. The third-order valence-electron chi connectivity index (χ3n) is 5.65. The quantitative estimate of drug-likeness (QED) is 0.519. The van der Waals surface area contributed by atoms with Gasteiger partial charge in [-0.25, -0.2) is 4.98 Å². The van der Waals surface area contributed by atoms with E-state index in [9.17, 15) is 4.79 Å². The van der Waals surface area contributed by atoms with E-state index in [1.165, 1.54) is 17.3 Å². The molecule has 0 fully saturated rings. The van der Waals surface area contributed by atoms with Gasteiger partial charge in [-0.05, 0) is 42.2 Å². The van der Waals surface area contributed by atoms with Crippen LogP contribution in [0.3, 0.4) is 0 Å². The molecule has 6 nitrogen and oxygen atoms in total. The molecule has 0 bridgehead atoms. The lowest BCUT2D eigenvalue weighted by Crippen LogP contribution is -2.41. The largest absolute Gasteiger partial charge is 0.493 e. The first-order chi connectivity index (χ1) is 15.2. The Morgan fingerprint density at radius 3 is 2.61 bits per heavy atom. The summed E-state index contributed by atoms with van der Waals surface area (Å²) in [7, 11) is 3.29. The Labute approximate surface area is 187 Å². The lowest BCUT2D eigenvalue weighted by atomic mass is 9.87. The molecular weight excluding hydrogens is 410 g/mol. The molecular formula is C24H27N3O3S. The maximum absolute atomic E-state index is 13.4. The summed E-state index contributed by atoms with van der Waals surface area (Å²) in [5.74, 6) is 1.85. The van der Waals surface area contributed by atoms with Gasteiger partial charge in [-0.1, -0.05) is 42.1 Å². The van der Waals surface area contributed by atoms with Crippen LogP contribution in [0.2, 0.25) is 0 Å². The SMILES string of the molecule is CCn1ccnc1SCC(=O)N1CCc2cc(OC)c(OC)cc2C1c1ccccc1. The van der Waals surface area contributed by atoms with Crippen LogP contribution in [0.1, 0.15) is 29.7 Å². The van der Waals surface area contributed by atoms with E-state index in [1.54, 1.807) is 20.4 Å². The molecule has 31 heavy (non-hydrogen) atoms. The molecule has 1 unspecified atom stereocenters. The van der Waals surface area contributed by atoms with Crippen LogP contribution in [0.5, 0.6) is 11.5 Å².